The second kappa shape index (κ2) is 10.7. The van der Waals surface area contributed by atoms with E-state index in [0.717, 1.165) is 5.56 Å². The van der Waals surface area contributed by atoms with Crippen molar-refractivity contribution in [3.8, 4) is 5.75 Å². The number of piperidine rings is 2. The number of amides is 2. The number of rotatable bonds is 5. The molecule has 7 nitrogen and oxygen atoms in total. The third-order valence-electron chi connectivity index (χ3n) is 7.35. The van der Waals surface area contributed by atoms with Gasteiger partial charge in [-0.15, -0.1) is 0 Å². The largest absolute Gasteiger partial charge is 0.496 e. The summed E-state index contributed by atoms with van der Waals surface area (Å²) in [6.07, 6.45) is 2.26. The zero-order valence-electron chi connectivity index (χ0n) is 20.2. The highest BCUT2D eigenvalue weighted by atomic mass is 35.5. The second-order valence-electron chi connectivity index (χ2n) is 9.18. The van der Waals surface area contributed by atoms with Gasteiger partial charge in [-0.3, -0.25) is 14.4 Å². The molecular weight excluding hydrogens is 468 g/mol. The molecule has 2 aromatic carbocycles. The minimum atomic E-state index is -0.724. The number of nitrogens with zero attached hydrogens (tertiary/aromatic N) is 2. The van der Waals surface area contributed by atoms with Crippen LogP contribution in [0.4, 0.5) is 0 Å². The number of methoxy groups -OCH3 is 2. The molecule has 0 bridgehead atoms. The Labute approximate surface area is 210 Å². The molecule has 0 radical (unpaired) electrons. The molecule has 8 heteroatoms. The van der Waals surface area contributed by atoms with Gasteiger partial charge in [0.1, 0.15) is 5.75 Å². The summed E-state index contributed by atoms with van der Waals surface area (Å²) in [5, 5.41) is 0.475. The Hall–Kier alpha value is -3.06. The third kappa shape index (κ3) is 5.01. The lowest BCUT2D eigenvalue weighted by Gasteiger charge is -2.42. The zero-order valence-corrected chi connectivity index (χ0v) is 20.9. The van der Waals surface area contributed by atoms with E-state index >= 15 is 0 Å². The highest BCUT2D eigenvalue weighted by molar-refractivity contribution is 6.31. The Morgan fingerprint density at radius 2 is 1.57 bits per heavy atom. The van der Waals surface area contributed by atoms with E-state index in [2.05, 4.69) is 0 Å². The van der Waals surface area contributed by atoms with Gasteiger partial charge in [-0.1, -0.05) is 41.9 Å². The van der Waals surface area contributed by atoms with Crippen molar-refractivity contribution in [2.45, 2.75) is 31.1 Å². The summed E-state index contributed by atoms with van der Waals surface area (Å²) in [7, 11) is 2.94. The van der Waals surface area contributed by atoms with Crippen molar-refractivity contribution in [3.63, 3.8) is 0 Å². The Morgan fingerprint density at radius 1 is 0.914 bits per heavy atom. The summed E-state index contributed by atoms with van der Waals surface area (Å²) in [4.78, 5) is 42.8. The normalized spacial score (nSPS) is 18.1. The van der Waals surface area contributed by atoms with Crippen molar-refractivity contribution < 1.29 is 23.9 Å². The van der Waals surface area contributed by atoms with Crippen LogP contribution in [-0.2, 0) is 19.7 Å². The summed E-state index contributed by atoms with van der Waals surface area (Å²) in [6, 6.07) is 14.7. The summed E-state index contributed by atoms with van der Waals surface area (Å²) >= 11 is 6.09. The summed E-state index contributed by atoms with van der Waals surface area (Å²) in [5.41, 5.74) is 0.640. The number of esters is 1. The molecule has 0 atom stereocenters. The van der Waals surface area contributed by atoms with E-state index in [-0.39, 0.29) is 23.7 Å². The van der Waals surface area contributed by atoms with Crippen LogP contribution < -0.4 is 4.74 Å². The summed E-state index contributed by atoms with van der Waals surface area (Å²) < 4.78 is 10.5. The molecule has 186 valence electrons. The summed E-state index contributed by atoms with van der Waals surface area (Å²) in [6.45, 7) is 1.99. The van der Waals surface area contributed by atoms with Crippen LogP contribution in [0.15, 0.2) is 48.5 Å². The zero-order chi connectivity index (χ0) is 25.0. The Morgan fingerprint density at radius 3 is 2.17 bits per heavy atom. The molecule has 2 aromatic rings. The van der Waals surface area contributed by atoms with Gasteiger partial charge in [0.05, 0.1) is 25.2 Å². The molecule has 2 fully saturated rings. The van der Waals surface area contributed by atoms with E-state index in [1.54, 1.807) is 23.1 Å². The molecule has 2 heterocycles. The van der Waals surface area contributed by atoms with Gasteiger partial charge in [0.2, 0.25) is 5.91 Å². The SMILES string of the molecule is COC(=O)C1(c2ccccc2)CCN(C(=O)C2CCN(C(=O)c3cc(Cl)ccc3OC)CC2)CC1. The van der Waals surface area contributed by atoms with Crippen LogP contribution in [0.25, 0.3) is 0 Å². The molecule has 4 rings (SSSR count). The molecule has 0 unspecified atom stereocenters. The lowest BCUT2D eigenvalue weighted by atomic mass is 9.72. The highest BCUT2D eigenvalue weighted by Crippen LogP contribution is 2.37. The molecule has 35 heavy (non-hydrogen) atoms. The topological polar surface area (TPSA) is 76.2 Å². The lowest BCUT2D eigenvalue weighted by Crippen LogP contribution is -2.52. The van der Waals surface area contributed by atoms with Crippen molar-refractivity contribution in [3.05, 3.63) is 64.7 Å². The van der Waals surface area contributed by atoms with Crippen molar-refractivity contribution in [2.75, 3.05) is 40.4 Å². The van der Waals surface area contributed by atoms with Gasteiger partial charge in [-0.05, 0) is 49.4 Å². The number of halogens is 1. The average Bonchev–Trinajstić information content (AvgIpc) is 2.92. The highest BCUT2D eigenvalue weighted by Gasteiger charge is 2.45. The van der Waals surface area contributed by atoms with Crippen molar-refractivity contribution in [1.29, 1.82) is 0 Å². The molecule has 2 amide bonds. The molecule has 0 saturated carbocycles. The lowest BCUT2D eigenvalue weighted by molar-refractivity contribution is -0.152. The summed E-state index contributed by atoms with van der Waals surface area (Å²) in [5.74, 6) is 0.0584. The van der Waals surface area contributed by atoms with Gasteiger partial charge in [0.25, 0.3) is 5.91 Å². The van der Waals surface area contributed by atoms with Crippen LogP contribution in [0.2, 0.25) is 5.02 Å². The molecule has 0 aliphatic carbocycles. The van der Waals surface area contributed by atoms with Gasteiger partial charge in [-0.25, -0.2) is 0 Å². The van der Waals surface area contributed by atoms with E-state index in [4.69, 9.17) is 21.1 Å². The molecular formula is C27H31ClN2O5. The van der Waals surface area contributed by atoms with Gasteiger partial charge in [-0.2, -0.15) is 0 Å². The van der Waals surface area contributed by atoms with E-state index in [0.29, 0.717) is 68.2 Å². The van der Waals surface area contributed by atoms with Crippen LogP contribution in [-0.4, -0.2) is 68.0 Å². The Bertz CT molecular complexity index is 1070. The fourth-order valence-corrected chi connectivity index (χ4v) is 5.45. The third-order valence-corrected chi connectivity index (χ3v) is 7.59. The maximum atomic E-state index is 13.3. The second-order valence-corrected chi connectivity index (χ2v) is 9.61. The van der Waals surface area contributed by atoms with Crippen molar-refractivity contribution in [2.24, 2.45) is 5.92 Å². The van der Waals surface area contributed by atoms with Gasteiger partial charge >= 0.3 is 5.97 Å². The van der Waals surface area contributed by atoms with Crippen molar-refractivity contribution in [1.82, 2.24) is 9.80 Å². The van der Waals surface area contributed by atoms with Gasteiger partial charge < -0.3 is 19.3 Å². The monoisotopic (exact) mass is 498 g/mol. The molecule has 2 aliphatic heterocycles. The van der Waals surface area contributed by atoms with Crippen LogP contribution in [0.3, 0.4) is 0 Å². The number of carbonyl (C=O) groups is 3. The van der Waals surface area contributed by atoms with Crippen LogP contribution in [0, 0.1) is 5.92 Å². The van der Waals surface area contributed by atoms with E-state index in [9.17, 15) is 14.4 Å². The number of benzene rings is 2. The van der Waals surface area contributed by atoms with E-state index < -0.39 is 5.41 Å². The molecule has 2 saturated heterocycles. The smallest absolute Gasteiger partial charge is 0.316 e. The van der Waals surface area contributed by atoms with Gasteiger partial charge in [0.15, 0.2) is 0 Å². The first kappa shape index (κ1) is 25.0. The van der Waals surface area contributed by atoms with Crippen LogP contribution >= 0.6 is 11.6 Å². The van der Waals surface area contributed by atoms with Crippen LogP contribution in [0.5, 0.6) is 5.75 Å². The first-order chi connectivity index (χ1) is 16.9. The average molecular weight is 499 g/mol. The first-order valence-corrected chi connectivity index (χ1v) is 12.3. The van der Waals surface area contributed by atoms with E-state index in [1.807, 2.05) is 35.2 Å². The molecule has 2 aliphatic rings. The predicted octanol–water partition coefficient (Wildman–Crippen LogP) is 3.93. The van der Waals surface area contributed by atoms with Crippen LogP contribution in [0.1, 0.15) is 41.6 Å². The fraction of sp³-hybridized carbons (Fsp3) is 0.444. The Kier molecular flexibility index (Phi) is 7.65. The molecule has 0 spiro atoms. The maximum Gasteiger partial charge on any atom is 0.316 e. The standard InChI is InChI=1S/C27H31ClN2O5/c1-34-23-9-8-21(28)18-22(23)25(32)29-14-10-19(11-15-29)24(31)30-16-12-27(13-17-30,26(33)35-2)20-6-4-3-5-7-20/h3-9,18-19H,10-17H2,1-2H3. The number of carbonyl (C=O) groups excluding carboxylic acids is 3. The van der Waals surface area contributed by atoms with Gasteiger partial charge in [0, 0.05) is 37.1 Å². The Balaban J connectivity index is 1.37. The minimum Gasteiger partial charge on any atom is -0.496 e. The molecule has 0 N–H and O–H groups in total. The number of hydrogen-bond donors (Lipinski definition) is 0. The van der Waals surface area contributed by atoms with E-state index in [1.165, 1.54) is 14.2 Å². The molecule has 0 aromatic heterocycles. The number of ether oxygens (including phenoxy) is 2. The quantitative estimate of drug-likeness (QED) is 0.584. The first-order valence-electron chi connectivity index (χ1n) is 11.9. The van der Waals surface area contributed by atoms with Crippen molar-refractivity contribution >= 4 is 29.4 Å². The fourth-order valence-electron chi connectivity index (χ4n) is 5.28. The number of likely N-dealkylation sites (tertiary alicyclic amines) is 2. The minimum absolute atomic E-state index is 0.101. The predicted molar refractivity (Wildman–Crippen MR) is 133 cm³/mol. The number of hydrogen-bond acceptors (Lipinski definition) is 5. The maximum absolute atomic E-state index is 13.3.